The molecule has 1 saturated carbocycles. The van der Waals surface area contributed by atoms with Crippen LogP contribution in [0.3, 0.4) is 0 Å². The van der Waals surface area contributed by atoms with E-state index in [9.17, 15) is 57.8 Å². The number of imide groups is 1. The highest BCUT2D eigenvalue weighted by Gasteiger charge is 2.47. The molecule has 3 aliphatic heterocycles. The zero-order valence-electron chi connectivity index (χ0n) is 44.4. The third-order valence-electron chi connectivity index (χ3n) is 15.3. The minimum Gasteiger partial charge on any atom is -0.480 e. The van der Waals surface area contributed by atoms with Crippen LogP contribution >= 0.6 is 0 Å². The van der Waals surface area contributed by atoms with E-state index < -0.39 is 134 Å². The molecule has 426 valence electrons. The number of carbonyl (C=O) groups is 10. The van der Waals surface area contributed by atoms with Crippen molar-refractivity contribution in [2.75, 3.05) is 46.5 Å². The van der Waals surface area contributed by atoms with Crippen molar-refractivity contribution in [3.05, 3.63) is 110 Å². The van der Waals surface area contributed by atoms with Gasteiger partial charge in [0.1, 0.15) is 37.3 Å². The van der Waals surface area contributed by atoms with Crippen LogP contribution in [0.2, 0.25) is 0 Å². The van der Waals surface area contributed by atoms with Crippen LogP contribution < -0.4 is 37.5 Å². The Morgan fingerprint density at radius 2 is 1.56 bits per heavy atom. The first-order chi connectivity index (χ1) is 38.7. The Hall–Kier alpha value is -8.75. The summed E-state index contributed by atoms with van der Waals surface area (Å²) >= 11 is 0. The largest absolute Gasteiger partial charge is 0.480 e. The lowest BCUT2D eigenvalue weighted by Crippen LogP contribution is -2.56. The van der Waals surface area contributed by atoms with Crippen LogP contribution in [0.25, 0.3) is 22.3 Å². The number of amides is 8. The van der Waals surface area contributed by atoms with E-state index in [-0.39, 0.29) is 48.9 Å². The number of aliphatic hydroxyl groups is 1. The molecule has 26 heteroatoms. The molecule has 5 aliphatic rings. The number of esters is 1. The molecule has 9 rings (SSSR count). The summed E-state index contributed by atoms with van der Waals surface area (Å²) in [5, 5.41) is 35.7. The van der Waals surface area contributed by atoms with Crippen molar-refractivity contribution in [3.8, 4) is 11.4 Å². The zero-order chi connectivity index (χ0) is 58.0. The average molecular weight is 1120 g/mol. The lowest BCUT2D eigenvalue weighted by molar-refractivity contribution is -0.172. The van der Waals surface area contributed by atoms with E-state index in [0.29, 0.717) is 75.1 Å². The highest BCUT2D eigenvalue weighted by Crippen LogP contribution is 2.48. The first-order valence-electron chi connectivity index (χ1n) is 26.3. The number of fused-ring (bicyclic) bond motifs is 5. The fraction of sp³-hybridized carbons (Fsp3) is 0.418. The van der Waals surface area contributed by atoms with Crippen LogP contribution in [0, 0.1) is 18.7 Å². The van der Waals surface area contributed by atoms with Gasteiger partial charge in [0.05, 0.1) is 61.2 Å². The summed E-state index contributed by atoms with van der Waals surface area (Å²) in [5.41, 5.74) is 1.84. The van der Waals surface area contributed by atoms with Gasteiger partial charge in [-0.05, 0) is 73.3 Å². The second kappa shape index (κ2) is 23.5. The normalized spacial score (nSPS) is 18.7. The Kier molecular flexibility index (Phi) is 16.5. The number of hydrogen-bond acceptors (Lipinski definition) is 16. The molecule has 2 aromatic carbocycles. The average Bonchev–Trinajstić information content (AvgIpc) is 4.03. The Labute approximate surface area is 461 Å². The van der Waals surface area contributed by atoms with Crippen molar-refractivity contribution in [1.29, 1.82) is 0 Å². The number of rotatable bonds is 23. The van der Waals surface area contributed by atoms with Crippen LogP contribution in [-0.2, 0) is 89.0 Å². The Bertz CT molecular complexity index is 3380. The maximum atomic E-state index is 15.6. The molecule has 1 fully saturated rings. The van der Waals surface area contributed by atoms with E-state index in [0.717, 1.165) is 17.7 Å². The molecule has 25 nitrogen and oxygen atoms in total. The van der Waals surface area contributed by atoms with E-state index in [1.54, 1.807) is 62.2 Å². The monoisotopic (exact) mass is 1120 g/mol. The number of aliphatic carboxylic acids is 1. The molecule has 0 spiro atoms. The number of benzene rings is 2. The van der Waals surface area contributed by atoms with Gasteiger partial charge < -0.3 is 61.1 Å². The predicted octanol–water partition coefficient (Wildman–Crippen LogP) is -1.11. The summed E-state index contributed by atoms with van der Waals surface area (Å²) in [4.78, 5) is 150. The quantitative estimate of drug-likeness (QED) is 0.0218. The van der Waals surface area contributed by atoms with Gasteiger partial charge in [-0.15, -0.1) is 0 Å². The molecular weight excluding hydrogens is 1060 g/mol. The van der Waals surface area contributed by atoms with Crippen LogP contribution in [-0.4, -0.2) is 153 Å². The van der Waals surface area contributed by atoms with Crippen molar-refractivity contribution < 1.29 is 72.0 Å². The highest BCUT2D eigenvalue weighted by molar-refractivity contribution is 6.15. The lowest BCUT2D eigenvalue weighted by atomic mass is 9.81. The predicted molar refractivity (Wildman–Crippen MR) is 280 cm³/mol. The van der Waals surface area contributed by atoms with Crippen molar-refractivity contribution in [3.63, 3.8) is 0 Å². The first-order valence-corrected chi connectivity index (χ1v) is 26.3. The summed E-state index contributed by atoms with van der Waals surface area (Å²) in [7, 11) is 1.64. The molecule has 81 heavy (non-hydrogen) atoms. The number of halogens is 1. The topological polar surface area (TPSA) is 343 Å². The fourth-order valence-corrected chi connectivity index (χ4v) is 10.8. The number of cyclic esters (lactones) is 1. The molecule has 0 radical (unpaired) electrons. The number of hydrogen-bond donors (Lipinski definition) is 8. The summed E-state index contributed by atoms with van der Waals surface area (Å²) in [5.74, 6) is -8.93. The number of carboxylic acids is 1. The van der Waals surface area contributed by atoms with Crippen LogP contribution in [0.1, 0.15) is 77.6 Å². The summed E-state index contributed by atoms with van der Waals surface area (Å²) in [6.07, 6.45) is 2.89. The van der Waals surface area contributed by atoms with E-state index in [4.69, 9.17) is 19.6 Å². The van der Waals surface area contributed by atoms with Crippen LogP contribution in [0.5, 0.6) is 0 Å². The maximum absolute atomic E-state index is 15.6. The fourth-order valence-electron chi connectivity index (χ4n) is 10.8. The summed E-state index contributed by atoms with van der Waals surface area (Å²) in [6.45, 7) is -0.394. The third kappa shape index (κ3) is 11.7. The minimum atomic E-state index is -2.07. The van der Waals surface area contributed by atoms with Crippen LogP contribution in [0.15, 0.2) is 59.4 Å². The standard InChI is InChI=1S/C55H59FN10O15/c1-4-55(79)33-17-38-48-31(24-65(38)52(76)32(33)25-80-54(55)78)47-37(13-12-30-27(2)34(56)18-35(63-48)46(30)47)64(3)53(77)49(29-10-11-29)81-26-61-41(68)21-59-50(74)36(16-28-8-6-5-7-9-28)62-42(69)22-58-40(67)20-60-51(75)39(19-57-23-45(72)73)66-43(70)14-15-44(66)71/h5-9,14-15,17-18,29,36-37,39,49,57,79H,4,10-13,16,19-26H2,1-3H3,(H,58,67)(H,59,74)(H,60,75)(H,61,68)(H,62,69)(H,72,73)/t36-,37-,39+,49-,55-/m0/s1. The highest BCUT2D eigenvalue weighted by atomic mass is 19.1. The van der Waals surface area contributed by atoms with Gasteiger partial charge in [0.15, 0.2) is 5.60 Å². The van der Waals surface area contributed by atoms with Crippen molar-refractivity contribution in [2.45, 2.75) is 95.4 Å². The number of aryl methyl sites for hydroxylation is 1. The molecule has 5 atom stereocenters. The summed E-state index contributed by atoms with van der Waals surface area (Å²) < 4.78 is 28.4. The Morgan fingerprint density at radius 3 is 2.23 bits per heavy atom. The van der Waals surface area contributed by atoms with Crippen molar-refractivity contribution in [2.24, 2.45) is 5.92 Å². The van der Waals surface area contributed by atoms with Gasteiger partial charge in [0, 0.05) is 54.7 Å². The van der Waals surface area contributed by atoms with Crippen LogP contribution in [0.4, 0.5) is 4.39 Å². The molecule has 2 aromatic heterocycles. The van der Waals surface area contributed by atoms with E-state index in [2.05, 4.69) is 31.9 Å². The number of nitrogens with one attached hydrogen (secondary N) is 6. The third-order valence-corrected chi connectivity index (χ3v) is 15.3. The molecule has 0 saturated heterocycles. The van der Waals surface area contributed by atoms with Gasteiger partial charge in [0.2, 0.25) is 29.5 Å². The Morgan fingerprint density at radius 1 is 0.877 bits per heavy atom. The van der Waals surface area contributed by atoms with E-state index >= 15 is 4.39 Å². The molecule has 8 amide bonds. The molecule has 8 N–H and O–H groups in total. The maximum Gasteiger partial charge on any atom is 0.343 e. The SMILES string of the molecule is CC[C@@]1(O)C(=O)OCc2c1cc1n(c2=O)Cc2c-1nc1cc(F)c(C)c3c1c2[C@@H](N(C)C(=O)[C@@H](OCNC(=O)CNC(=O)[C@H](Cc1ccccc1)NC(=O)CNC(=O)CNC(=O)[C@@H](CNCC(=O)O)N1C(=O)C=CC1=O)C1CC1)CC3. The van der Waals surface area contributed by atoms with E-state index in [1.807, 2.05) is 0 Å². The number of aromatic nitrogens is 2. The minimum absolute atomic E-state index is 0.0307. The van der Waals surface area contributed by atoms with Crippen molar-refractivity contribution in [1.82, 2.24) is 51.3 Å². The number of nitrogens with zero attached hydrogens (tertiary/aromatic N) is 4. The summed E-state index contributed by atoms with van der Waals surface area (Å²) in [6, 6.07) is 8.14. The van der Waals surface area contributed by atoms with Gasteiger partial charge in [-0.2, -0.15) is 0 Å². The Balaban J connectivity index is 0.816. The van der Waals surface area contributed by atoms with Gasteiger partial charge in [-0.3, -0.25) is 52.8 Å². The molecule has 0 bridgehead atoms. The van der Waals surface area contributed by atoms with Crippen molar-refractivity contribution >= 4 is 70.1 Å². The zero-order valence-corrected chi connectivity index (χ0v) is 44.4. The number of ether oxygens (including phenoxy) is 2. The second-order valence-electron chi connectivity index (χ2n) is 20.4. The van der Waals surface area contributed by atoms with Gasteiger partial charge in [-0.1, -0.05) is 37.3 Å². The molecule has 4 aromatic rings. The molecule has 0 unspecified atom stereocenters. The number of carboxylic acid groups (broad SMARTS) is 1. The second-order valence-corrected chi connectivity index (χ2v) is 20.4. The van der Waals surface area contributed by atoms with Gasteiger partial charge in [0.25, 0.3) is 23.3 Å². The lowest BCUT2D eigenvalue weighted by Gasteiger charge is -2.36. The molecule has 5 heterocycles. The number of likely N-dealkylation sites (N-methyl/N-ethyl adjacent to an activating group) is 1. The molecular formula is C55H59FN10O15. The first kappa shape index (κ1) is 57.0. The number of carbonyl (C=O) groups excluding carboxylic acids is 9. The van der Waals surface area contributed by atoms with Gasteiger partial charge in [-0.25, -0.2) is 14.2 Å². The van der Waals surface area contributed by atoms with Gasteiger partial charge >= 0.3 is 11.9 Å². The smallest absolute Gasteiger partial charge is 0.343 e. The molecule has 2 aliphatic carbocycles. The van der Waals surface area contributed by atoms with E-state index in [1.165, 1.54) is 10.6 Å². The number of pyridine rings is 2.